The van der Waals surface area contributed by atoms with Crippen LogP contribution >= 0.6 is 35.3 Å². The molecule has 1 fully saturated rings. The van der Waals surface area contributed by atoms with Gasteiger partial charge in [-0.15, -0.1) is 11.3 Å². The zero-order chi connectivity index (χ0) is 25.8. The first-order valence-electron chi connectivity index (χ1n) is 10.6. The summed E-state index contributed by atoms with van der Waals surface area (Å²) in [5.41, 5.74) is 2.01. The van der Waals surface area contributed by atoms with E-state index in [-0.39, 0.29) is 36.9 Å². The molecule has 1 saturated heterocycles. The summed E-state index contributed by atoms with van der Waals surface area (Å²) in [6.45, 7) is 0.268. The van der Waals surface area contributed by atoms with Crippen molar-refractivity contribution in [2.45, 2.75) is 13.0 Å². The molecule has 1 aliphatic rings. The normalized spacial score (nSPS) is 14.5. The molecule has 36 heavy (non-hydrogen) atoms. The molecule has 2 aromatic carbocycles. The molecule has 2 amide bonds. The summed E-state index contributed by atoms with van der Waals surface area (Å²) in [7, 11) is 0. The minimum absolute atomic E-state index is 0.0254. The summed E-state index contributed by atoms with van der Waals surface area (Å²) in [5.74, 6) is -3.51. The molecule has 2 N–H and O–H groups in total. The number of thioether (sulfide) groups is 1. The fourth-order valence-corrected chi connectivity index (χ4v) is 5.62. The maximum Gasteiger partial charge on any atom is 0.335 e. The lowest BCUT2D eigenvalue weighted by molar-refractivity contribution is -0.123. The smallest absolute Gasteiger partial charge is 0.335 e. The summed E-state index contributed by atoms with van der Waals surface area (Å²) >= 11 is 7.80. The minimum atomic E-state index is -1.05. The standard InChI is InChI=1S/C25H18F2N2O4S3/c26-19-5-4-15(10-20(19)27)17-9-18(35-13-17)11-21-23(31)29(25(34)36-21)7-6-22(30)28-12-14-2-1-3-16(8-14)24(32)33/h1-5,8-11,13H,6-7,12H2,(H,28,30)(H,32,33)/b21-11-. The number of carboxylic acids is 1. The molecule has 3 aromatic rings. The SMILES string of the molecule is O=C(CCN1C(=O)/C(=C/c2cc(-c3ccc(F)c(F)c3)cs2)SC1=S)NCc1cccc(C(=O)O)c1. The number of halogens is 2. The average molecular weight is 545 g/mol. The molecule has 4 rings (SSSR count). The largest absolute Gasteiger partial charge is 0.478 e. The summed E-state index contributed by atoms with van der Waals surface area (Å²) in [6, 6.07) is 11.7. The topological polar surface area (TPSA) is 86.7 Å². The highest BCUT2D eigenvalue weighted by atomic mass is 32.2. The molecular weight excluding hydrogens is 526 g/mol. The van der Waals surface area contributed by atoms with Crippen LogP contribution in [0.2, 0.25) is 0 Å². The second-order valence-electron chi connectivity index (χ2n) is 7.73. The number of rotatable bonds is 8. The van der Waals surface area contributed by atoms with Gasteiger partial charge >= 0.3 is 5.97 Å². The van der Waals surface area contributed by atoms with Crippen LogP contribution in [-0.4, -0.2) is 38.7 Å². The third kappa shape index (κ3) is 6.04. The lowest BCUT2D eigenvalue weighted by Gasteiger charge is -2.14. The predicted molar refractivity (Wildman–Crippen MR) is 139 cm³/mol. The van der Waals surface area contributed by atoms with Crippen LogP contribution in [0.15, 0.2) is 58.8 Å². The Kier molecular flexibility index (Phi) is 7.92. The average Bonchev–Trinajstić information content (AvgIpc) is 3.42. The van der Waals surface area contributed by atoms with Gasteiger partial charge in [0.25, 0.3) is 5.91 Å². The van der Waals surface area contributed by atoms with Crippen LogP contribution in [0.4, 0.5) is 8.78 Å². The van der Waals surface area contributed by atoms with E-state index in [9.17, 15) is 23.2 Å². The number of thiophene rings is 1. The Morgan fingerprint density at radius 1 is 1.08 bits per heavy atom. The highest BCUT2D eigenvalue weighted by Gasteiger charge is 2.32. The van der Waals surface area contributed by atoms with Crippen molar-refractivity contribution in [3.63, 3.8) is 0 Å². The van der Waals surface area contributed by atoms with Crippen molar-refractivity contribution in [2.75, 3.05) is 6.54 Å². The first-order chi connectivity index (χ1) is 17.2. The molecule has 1 aromatic heterocycles. The Hall–Kier alpha value is -3.41. The van der Waals surface area contributed by atoms with Gasteiger partial charge in [-0.2, -0.15) is 0 Å². The van der Waals surface area contributed by atoms with Crippen LogP contribution in [0.5, 0.6) is 0 Å². The van der Waals surface area contributed by atoms with Crippen molar-refractivity contribution in [1.82, 2.24) is 10.2 Å². The van der Waals surface area contributed by atoms with Gasteiger partial charge in [-0.05, 0) is 58.5 Å². The Morgan fingerprint density at radius 3 is 2.64 bits per heavy atom. The van der Waals surface area contributed by atoms with E-state index in [1.807, 2.05) is 0 Å². The number of carbonyl (C=O) groups excluding carboxylic acids is 2. The van der Waals surface area contributed by atoms with Gasteiger partial charge in [0, 0.05) is 24.4 Å². The van der Waals surface area contributed by atoms with Gasteiger partial charge in [0.2, 0.25) is 5.91 Å². The van der Waals surface area contributed by atoms with Crippen molar-refractivity contribution < 1.29 is 28.3 Å². The number of nitrogens with zero attached hydrogens (tertiary/aromatic N) is 1. The number of hydrogen-bond acceptors (Lipinski definition) is 6. The maximum atomic E-state index is 13.5. The van der Waals surface area contributed by atoms with Crippen molar-refractivity contribution >= 4 is 63.5 Å². The number of aromatic carboxylic acids is 1. The van der Waals surface area contributed by atoms with Crippen LogP contribution < -0.4 is 5.32 Å². The van der Waals surface area contributed by atoms with E-state index in [0.29, 0.717) is 25.9 Å². The third-order valence-corrected chi connectivity index (χ3v) is 7.50. The maximum absolute atomic E-state index is 13.5. The molecule has 0 saturated carbocycles. The van der Waals surface area contributed by atoms with Gasteiger partial charge in [-0.3, -0.25) is 14.5 Å². The highest BCUT2D eigenvalue weighted by molar-refractivity contribution is 8.26. The second-order valence-corrected chi connectivity index (χ2v) is 10.4. The number of benzene rings is 2. The van der Waals surface area contributed by atoms with E-state index >= 15 is 0 Å². The molecule has 0 aliphatic carbocycles. The van der Waals surface area contributed by atoms with Crippen molar-refractivity contribution in [3.05, 3.63) is 86.5 Å². The summed E-state index contributed by atoms with van der Waals surface area (Å²) in [6.07, 6.45) is 1.71. The molecule has 2 heterocycles. The number of nitrogens with one attached hydrogen (secondary N) is 1. The molecule has 0 atom stereocenters. The summed E-state index contributed by atoms with van der Waals surface area (Å²) < 4.78 is 27.1. The van der Waals surface area contributed by atoms with E-state index in [1.54, 1.807) is 29.7 Å². The molecule has 0 radical (unpaired) electrons. The van der Waals surface area contributed by atoms with E-state index < -0.39 is 17.6 Å². The number of thiocarbonyl (C=S) groups is 1. The minimum Gasteiger partial charge on any atom is -0.478 e. The van der Waals surface area contributed by atoms with Gasteiger partial charge in [0.05, 0.1) is 10.5 Å². The van der Waals surface area contributed by atoms with Gasteiger partial charge < -0.3 is 10.4 Å². The first-order valence-corrected chi connectivity index (χ1v) is 12.7. The Morgan fingerprint density at radius 2 is 1.89 bits per heavy atom. The molecule has 0 unspecified atom stereocenters. The fraction of sp³-hybridized carbons (Fsp3) is 0.120. The molecule has 0 bridgehead atoms. The summed E-state index contributed by atoms with van der Waals surface area (Å²) in [4.78, 5) is 38.7. The molecule has 0 spiro atoms. The monoisotopic (exact) mass is 544 g/mol. The van der Waals surface area contributed by atoms with E-state index in [1.165, 1.54) is 34.4 Å². The van der Waals surface area contributed by atoms with Crippen molar-refractivity contribution in [1.29, 1.82) is 0 Å². The van der Waals surface area contributed by atoms with Crippen LogP contribution in [0.1, 0.15) is 27.2 Å². The molecule has 184 valence electrons. The van der Waals surface area contributed by atoms with E-state index in [0.717, 1.165) is 28.8 Å². The first kappa shape index (κ1) is 25.7. The molecular formula is C25H18F2N2O4S3. The lowest BCUT2D eigenvalue weighted by atomic mass is 10.1. The number of hydrogen-bond donors (Lipinski definition) is 2. The Balaban J connectivity index is 1.34. The van der Waals surface area contributed by atoms with Gasteiger partial charge in [-0.25, -0.2) is 13.6 Å². The van der Waals surface area contributed by atoms with Crippen molar-refractivity contribution in [2.24, 2.45) is 0 Å². The quantitative estimate of drug-likeness (QED) is 0.296. The Bertz CT molecular complexity index is 1400. The van der Waals surface area contributed by atoms with Crippen LogP contribution in [0.3, 0.4) is 0 Å². The number of carbonyl (C=O) groups is 3. The molecule has 6 nitrogen and oxygen atoms in total. The van der Waals surface area contributed by atoms with Gasteiger partial charge in [0.15, 0.2) is 11.6 Å². The second kappa shape index (κ2) is 11.1. The predicted octanol–water partition coefficient (Wildman–Crippen LogP) is 5.30. The third-order valence-electron chi connectivity index (χ3n) is 5.25. The van der Waals surface area contributed by atoms with Crippen LogP contribution in [0.25, 0.3) is 17.2 Å². The number of carboxylic acid groups (broad SMARTS) is 1. The van der Waals surface area contributed by atoms with Gasteiger partial charge in [0.1, 0.15) is 4.32 Å². The zero-order valence-electron chi connectivity index (χ0n) is 18.5. The van der Waals surface area contributed by atoms with E-state index in [2.05, 4.69) is 5.32 Å². The molecule has 1 aliphatic heterocycles. The molecule has 11 heteroatoms. The lowest BCUT2D eigenvalue weighted by Crippen LogP contribution is -2.33. The van der Waals surface area contributed by atoms with Crippen LogP contribution in [0, 0.1) is 11.6 Å². The van der Waals surface area contributed by atoms with Gasteiger partial charge in [-0.1, -0.05) is 42.2 Å². The van der Waals surface area contributed by atoms with Crippen molar-refractivity contribution in [3.8, 4) is 11.1 Å². The van der Waals surface area contributed by atoms with Crippen LogP contribution in [-0.2, 0) is 16.1 Å². The highest BCUT2D eigenvalue weighted by Crippen LogP contribution is 2.35. The number of amides is 2. The Labute approximate surface area is 218 Å². The fourth-order valence-electron chi connectivity index (χ4n) is 3.39. The van der Waals surface area contributed by atoms with E-state index in [4.69, 9.17) is 17.3 Å². The zero-order valence-corrected chi connectivity index (χ0v) is 20.9. The summed E-state index contributed by atoms with van der Waals surface area (Å²) in [5, 5.41) is 13.6.